The van der Waals surface area contributed by atoms with Crippen molar-refractivity contribution in [1.29, 1.82) is 0 Å². The summed E-state index contributed by atoms with van der Waals surface area (Å²) in [5.41, 5.74) is 3.00. The zero-order valence-corrected chi connectivity index (χ0v) is 17.3. The smallest absolute Gasteiger partial charge is 0.407 e. The second-order valence-corrected chi connectivity index (χ2v) is 9.46. The van der Waals surface area contributed by atoms with Gasteiger partial charge >= 0.3 is 6.09 Å². The zero-order chi connectivity index (χ0) is 20.5. The third kappa shape index (κ3) is 4.60. The summed E-state index contributed by atoms with van der Waals surface area (Å²) in [4.78, 5) is 11.8. The molecule has 1 aromatic carbocycles. The predicted octanol–water partition coefficient (Wildman–Crippen LogP) is 3.83. The second kappa shape index (κ2) is 8.14. The number of H-pyrrole nitrogens is 1. The Labute approximate surface area is 171 Å². The lowest BCUT2D eigenvalue weighted by Gasteiger charge is -2.14. The second-order valence-electron chi connectivity index (χ2n) is 8.00. The topological polar surface area (TPSA) is 96.1 Å². The molecular weight excluding hydrogens is 395 g/mol. The molecule has 3 N–H and O–H groups in total. The van der Waals surface area contributed by atoms with Gasteiger partial charge in [-0.2, -0.15) is 5.10 Å². The maximum atomic E-state index is 14.4. The number of alkyl carbamates (subject to hydrolysis) is 1. The van der Waals surface area contributed by atoms with Crippen LogP contribution >= 0.6 is 0 Å². The van der Waals surface area contributed by atoms with Crippen LogP contribution in [0.25, 0.3) is 0 Å². The third-order valence-corrected chi connectivity index (χ3v) is 6.55. The lowest BCUT2D eigenvalue weighted by atomic mass is 10.0. The van der Waals surface area contributed by atoms with Gasteiger partial charge in [0.15, 0.2) is 5.82 Å². The number of rotatable bonds is 5. The quantitative estimate of drug-likeness (QED) is 0.683. The molecule has 3 atom stereocenters. The van der Waals surface area contributed by atoms with Gasteiger partial charge in [0.05, 0.1) is 5.69 Å². The number of nitrogens with zero attached hydrogens (tertiary/aromatic N) is 1. The highest BCUT2D eigenvalue weighted by Gasteiger charge is 2.30. The monoisotopic (exact) mass is 420 g/mol. The summed E-state index contributed by atoms with van der Waals surface area (Å²) >= 11 is 0. The molecule has 1 aliphatic carbocycles. The predicted molar refractivity (Wildman–Crippen MR) is 109 cm³/mol. The van der Waals surface area contributed by atoms with Crippen LogP contribution < -0.4 is 10.6 Å². The fourth-order valence-electron chi connectivity index (χ4n) is 3.92. The molecule has 9 heteroatoms. The molecule has 156 valence electrons. The molecule has 0 spiro atoms. The average molecular weight is 421 g/mol. The van der Waals surface area contributed by atoms with Crippen molar-refractivity contribution >= 4 is 28.4 Å². The van der Waals surface area contributed by atoms with Crippen molar-refractivity contribution in [3.05, 3.63) is 40.8 Å². The summed E-state index contributed by atoms with van der Waals surface area (Å²) in [6.07, 6.45) is 1.92. The summed E-state index contributed by atoms with van der Waals surface area (Å²) in [7, 11) is -0.948. The Morgan fingerprint density at radius 2 is 2.03 bits per heavy atom. The summed E-state index contributed by atoms with van der Waals surface area (Å²) in [6, 6.07) is 5.08. The van der Waals surface area contributed by atoms with Gasteiger partial charge in [-0.3, -0.25) is 9.31 Å². The lowest BCUT2D eigenvalue weighted by Crippen LogP contribution is -2.33. The number of carbonyl (C=O) groups is 1. The fraction of sp³-hybridized carbons (Fsp3) is 0.500. The van der Waals surface area contributed by atoms with Crippen molar-refractivity contribution < 1.29 is 18.1 Å². The van der Waals surface area contributed by atoms with Crippen molar-refractivity contribution in [3.63, 3.8) is 0 Å². The SMILES string of the molecule is CC(C)NC(=O)OC1CCC(c2cc(Nc3cc4c(cc3F)CS(=O)C4)n[nH]2)C1. The molecule has 0 radical (unpaired) electrons. The van der Waals surface area contributed by atoms with Crippen LogP contribution in [0, 0.1) is 5.82 Å². The van der Waals surface area contributed by atoms with Crippen LogP contribution in [0.2, 0.25) is 0 Å². The molecule has 1 amide bonds. The van der Waals surface area contributed by atoms with Gasteiger partial charge in [-0.15, -0.1) is 0 Å². The maximum Gasteiger partial charge on any atom is 0.407 e. The van der Waals surface area contributed by atoms with E-state index >= 15 is 0 Å². The highest BCUT2D eigenvalue weighted by atomic mass is 32.2. The average Bonchev–Trinajstić information content (AvgIpc) is 3.34. The van der Waals surface area contributed by atoms with Crippen LogP contribution in [0.4, 0.5) is 20.7 Å². The molecule has 2 aromatic rings. The van der Waals surface area contributed by atoms with E-state index in [9.17, 15) is 13.4 Å². The molecule has 1 aromatic heterocycles. The molecule has 29 heavy (non-hydrogen) atoms. The highest BCUT2D eigenvalue weighted by Crippen LogP contribution is 2.36. The van der Waals surface area contributed by atoms with Crippen molar-refractivity contribution in [3.8, 4) is 0 Å². The van der Waals surface area contributed by atoms with E-state index in [2.05, 4.69) is 20.8 Å². The Morgan fingerprint density at radius 3 is 2.79 bits per heavy atom. The molecule has 3 unspecified atom stereocenters. The van der Waals surface area contributed by atoms with Gasteiger partial charge in [-0.05, 0) is 56.4 Å². The van der Waals surface area contributed by atoms with E-state index < -0.39 is 10.8 Å². The number of amides is 1. The normalized spacial score (nSPS) is 23.2. The Balaban J connectivity index is 1.38. The van der Waals surface area contributed by atoms with Crippen LogP contribution in [-0.4, -0.2) is 32.6 Å². The minimum absolute atomic E-state index is 0.0422. The number of hydrogen-bond donors (Lipinski definition) is 3. The van der Waals surface area contributed by atoms with Gasteiger partial charge in [0.2, 0.25) is 0 Å². The first kappa shape index (κ1) is 19.9. The van der Waals surface area contributed by atoms with E-state index in [1.54, 1.807) is 6.07 Å². The largest absolute Gasteiger partial charge is 0.446 e. The van der Waals surface area contributed by atoms with Gasteiger partial charge in [0.25, 0.3) is 0 Å². The Morgan fingerprint density at radius 1 is 1.28 bits per heavy atom. The number of hydrogen-bond acceptors (Lipinski definition) is 5. The number of halogens is 1. The number of nitrogens with one attached hydrogen (secondary N) is 3. The third-order valence-electron chi connectivity index (χ3n) is 5.29. The summed E-state index contributed by atoms with van der Waals surface area (Å²) in [5.74, 6) is 1.24. The van der Waals surface area contributed by atoms with E-state index in [4.69, 9.17) is 4.74 Å². The first-order valence-corrected chi connectivity index (χ1v) is 11.3. The molecule has 0 bridgehead atoms. The summed E-state index contributed by atoms with van der Waals surface area (Å²) < 4.78 is 31.5. The number of aromatic amines is 1. The van der Waals surface area contributed by atoms with Crippen LogP contribution in [0.1, 0.15) is 55.8 Å². The first-order chi connectivity index (χ1) is 13.9. The van der Waals surface area contributed by atoms with Crippen LogP contribution in [0.15, 0.2) is 18.2 Å². The van der Waals surface area contributed by atoms with Gasteiger partial charge in [0, 0.05) is 46.0 Å². The molecule has 7 nitrogen and oxygen atoms in total. The maximum absolute atomic E-state index is 14.4. The van der Waals surface area contributed by atoms with Gasteiger partial charge < -0.3 is 15.4 Å². The number of ether oxygens (including phenoxy) is 1. The van der Waals surface area contributed by atoms with Crippen molar-refractivity contribution in [2.24, 2.45) is 0 Å². The Hall–Kier alpha value is -2.42. The van der Waals surface area contributed by atoms with Gasteiger partial charge in [-0.1, -0.05) is 0 Å². The van der Waals surface area contributed by atoms with Crippen molar-refractivity contribution in [2.45, 2.75) is 62.7 Å². The molecule has 2 heterocycles. The Bertz CT molecular complexity index is 946. The van der Waals surface area contributed by atoms with Gasteiger partial charge in [-0.25, -0.2) is 9.18 Å². The van der Waals surface area contributed by atoms with E-state index in [0.29, 0.717) is 23.0 Å². The number of aromatic nitrogens is 2. The van der Waals surface area contributed by atoms with Crippen LogP contribution in [0.5, 0.6) is 0 Å². The molecule has 0 saturated heterocycles. The van der Waals surface area contributed by atoms with E-state index in [0.717, 1.165) is 36.1 Å². The minimum atomic E-state index is -0.948. The molecule has 1 aliphatic heterocycles. The minimum Gasteiger partial charge on any atom is -0.446 e. The number of anilines is 2. The number of benzene rings is 1. The molecule has 2 aliphatic rings. The van der Waals surface area contributed by atoms with Gasteiger partial charge in [0.1, 0.15) is 11.9 Å². The van der Waals surface area contributed by atoms with Crippen molar-refractivity contribution in [1.82, 2.24) is 15.5 Å². The van der Waals surface area contributed by atoms with E-state index in [1.165, 1.54) is 6.07 Å². The van der Waals surface area contributed by atoms with Crippen LogP contribution in [-0.2, 0) is 27.0 Å². The summed E-state index contributed by atoms with van der Waals surface area (Å²) in [6.45, 7) is 3.78. The standard InChI is InChI=1S/C20H25FN4O3S/c1-11(2)22-20(26)28-15-4-3-12(5-15)17-8-19(25-24-17)23-18-7-14-10-29(27)9-13(14)6-16(18)21/h6-8,11-12,15H,3-5,9-10H2,1-2H3,(H,22,26)(H2,23,24,25). The molecule has 4 rings (SSSR count). The molecular formula is C20H25FN4O3S. The van der Waals surface area contributed by atoms with E-state index in [1.807, 2.05) is 19.9 Å². The number of carbonyl (C=O) groups excluding carboxylic acids is 1. The first-order valence-electron chi connectivity index (χ1n) is 9.83. The summed E-state index contributed by atoms with van der Waals surface area (Å²) in [5, 5.41) is 13.0. The Kier molecular flexibility index (Phi) is 5.58. The van der Waals surface area contributed by atoms with Crippen molar-refractivity contribution in [2.75, 3.05) is 5.32 Å². The lowest BCUT2D eigenvalue weighted by molar-refractivity contribution is 0.0981. The highest BCUT2D eigenvalue weighted by molar-refractivity contribution is 7.83. The number of fused-ring (bicyclic) bond motifs is 1. The van der Waals surface area contributed by atoms with Crippen LogP contribution in [0.3, 0.4) is 0 Å². The molecule has 1 fully saturated rings. The molecule has 1 saturated carbocycles. The van der Waals surface area contributed by atoms with E-state index in [-0.39, 0.29) is 30.0 Å². The zero-order valence-electron chi connectivity index (χ0n) is 16.5. The fourth-order valence-corrected chi connectivity index (χ4v) is 5.25.